The van der Waals surface area contributed by atoms with Crippen LogP contribution in [0.1, 0.15) is 25.0 Å². The molecule has 0 spiro atoms. The lowest BCUT2D eigenvalue weighted by Crippen LogP contribution is -2.16. The van der Waals surface area contributed by atoms with Gasteiger partial charge in [-0.25, -0.2) is 0 Å². The zero-order valence-corrected chi connectivity index (χ0v) is 26.2. The van der Waals surface area contributed by atoms with E-state index in [0.717, 1.165) is 17.1 Å². The maximum absolute atomic E-state index is 2.41. The van der Waals surface area contributed by atoms with E-state index in [4.69, 9.17) is 0 Å². The molecule has 7 aromatic carbocycles. The lowest BCUT2D eigenvalue weighted by molar-refractivity contribution is 0.660. The Bertz CT molecular complexity index is 2040. The molecule has 0 atom stereocenters. The van der Waals surface area contributed by atoms with Gasteiger partial charge in [-0.1, -0.05) is 147 Å². The molecule has 0 bridgehead atoms. The molecule has 0 aromatic heterocycles. The zero-order valence-electron chi connectivity index (χ0n) is 26.2. The van der Waals surface area contributed by atoms with Gasteiger partial charge < -0.3 is 4.90 Å². The molecule has 0 fully saturated rings. The highest BCUT2D eigenvalue weighted by molar-refractivity contribution is 5.87. The Hall–Kier alpha value is -5.66. The van der Waals surface area contributed by atoms with Crippen LogP contribution in [-0.4, -0.2) is 0 Å². The van der Waals surface area contributed by atoms with Crippen LogP contribution in [-0.2, 0) is 5.41 Å². The van der Waals surface area contributed by atoms with Crippen LogP contribution in [0.2, 0.25) is 0 Å². The van der Waals surface area contributed by atoms with Gasteiger partial charge in [-0.3, -0.25) is 0 Å². The number of rotatable bonds is 6. The molecule has 1 aliphatic carbocycles. The SMILES string of the molecule is CC1(C)c2cc(-c3ccccc3)ccc2-c2ccc(N(c3ccc(-c4ccccc4)cc3)c3ccc(-c4ccccc4)cc3)cc21. The average Bonchev–Trinajstić information content (AvgIpc) is 3.35. The highest BCUT2D eigenvalue weighted by Crippen LogP contribution is 2.51. The van der Waals surface area contributed by atoms with Crippen LogP contribution >= 0.6 is 0 Å². The second-order valence-corrected chi connectivity index (χ2v) is 12.6. The minimum absolute atomic E-state index is 0.133. The summed E-state index contributed by atoms with van der Waals surface area (Å²) in [6, 6.07) is 63.7. The van der Waals surface area contributed by atoms with E-state index < -0.39 is 0 Å². The van der Waals surface area contributed by atoms with Crippen LogP contribution in [0.4, 0.5) is 17.1 Å². The molecule has 0 radical (unpaired) electrons. The minimum atomic E-state index is -0.133. The molecule has 0 N–H and O–H groups in total. The highest BCUT2D eigenvalue weighted by Gasteiger charge is 2.36. The second kappa shape index (κ2) is 11.4. The maximum Gasteiger partial charge on any atom is 0.0465 e. The van der Waals surface area contributed by atoms with E-state index in [1.807, 2.05) is 0 Å². The third-order valence-electron chi connectivity index (χ3n) is 9.49. The van der Waals surface area contributed by atoms with Crippen molar-refractivity contribution in [1.82, 2.24) is 0 Å². The molecule has 0 aliphatic heterocycles. The molecule has 8 rings (SSSR count). The molecule has 1 nitrogen and oxygen atoms in total. The summed E-state index contributed by atoms with van der Waals surface area (Å²) in [5.74, 6) is 0. The first-order valence-electron chi connectivity index (χ1n) is 16.0. The summed E-state index contributed by atoms with van der Waals surface area (Å²) in [6.45, 7) is 4.73. The van der Waals surface area contributed by atoms with Gasteiger partial charge in [0.25, 0.3) is 0 Å². The maximum atomic E-state index is 2.41. The number of hydrogen-bond donors (Lipinski definition) is 0. The van der Waals surface area contributed by atoms with Gasteiger partial charge in [0.2, 0.25) is 0 Å². The van der Waals surface area contributed by atoms with E-state index >= 15 is 0 Å². The van der Waals surface area contributed by atoms with Gasteiger partial charge in [-0.2, -0.15) is 0 Å². The molecule has 0 amide bonds. The van der Waals surface area contributed by atoms with Gasteiger partial charge in [0.1, 0.15) is 0 Å². The predicted molar refractivity (Wildman–Crippen MR) is 195 cm³/mol. The first kappa shape index (κ1) is 27.9. The fourth-order valence-corrected chi connectivity index (χ4v) is 6.99. The van der Waals surface area contributed by atoms with Crippen molar-refractivity contribution in [3.05, 3.63) is 187 Å². The topological polar surface area (TPSA) is 3.24 Å². The van der Waals surface area contributed by atoms with Crippen molar-refractivity contribution in [2.75, 3.05) is 4.90 Å². The fourth-order valence-electron chi connectivity index (χ4n) is 6.99. The quantitative estimate of drug-likeness (QED) is 0.186. The molecule has 220 valence electrons. The number of nitrogens with zero attached hydrogens (tertiary/aromatic N) is 1. The molecule has 0 saturated carbocycles. The lowest BCUT2D eigenvalue weighted by atomic mass is 9.81. The van der Waals surface area contributed by atoms with E-state index in [2.05, 4.69) is 195 Å². The van der Waals surface area contributed by atoms with Crippen LogP contribution in [0.15, 0.2) is 176 Å². The van der Waals surface area contributed by atoms with Crippen LogP contribution < -0.4 is 4.90 Å². The molecule has 0 heterocycles. The Morgan fingerprint density at radius 1 is 0.326 bits per heavy atom. The van der Waals surface area contributed by atoms with Gasteiger partial charge in [-0.15, -0.1) is 0 Å². The van der Waals surface area contributed by atoms with Gasteiger partial charge in [0.05, 0.1) is 0 Å². The average molecular weight is 590 g/mol. The largest absolute Gasteiger partial charge is 0.310 e. The third-order valence-corrected chi connectivity index (χ3v) is 9.49. The van der Waals surface area contributed by atoms with Crippen LogP contribution in [0, 0.1) is 0 Å². The Balaban J connectivity index is 1.22. The van der Waals surface area contributed by atoms with Crippen molar-refractivity contribution in [1.29, 1.82) is 0 Å². The van der Waals surface area contributed by atoms with Gasteiger partial charge in [-0.05, 0) is 98.1 Å². The number of hydrogen-bond acceptors (Lipinski definition) is 1. The smallest absolute Gasteiger partial charge is 0.0465 e. The van der Waals surface area contributed by atoms with E-state index in [9.17, 15) is 0 Å². The van der Waals surface area contributed by atoms with Gasteiger partial charge in [0, 0.05) is 22.5 Å². The molecule has 1 heteroatoms. The monoisotopic (exact) mass is 589 g/mol. The molecule has 1 aliphatic rings. The van der Waals surface area contributed by atoms with E-state index in [0.29, 0.717) is 0 Å². The van der Waals surface area contributed by atoms with E-state index in [1.165, 1.54) is 55.6 Å². The summed E-state index contributed by atoms with van der Waals surface area (Å²) in [7, 11) is 0. The Kier molecular flexibility index (Phi) is 6.88. The summed E-state index contributed by atoms with van der Waals surface area (Å²) < 4.78 is 0. The van der Waals surface area contributed by atoms with Crippen molar-refractivity contribution < 1.29 is 0 Å². The molecule has 7 aromatic rings. The van der Waals surface area contributed by atoms with Crippen molar-refractivity contribution in [2.24, 2.45) is 0 Å². The van der Waals surface area contributed by atoms with E-state index in [1.54, 1.807) is 0 Å². The summed E-state index contributed by atoms with van der Waals surface area (Å²) >= 11 is 0. The number of anilines is 3. The van der Waals surface area contributed by atoms with Crippen LogP contribution in [0.25, 0.3) is 44.5 Å². The predicted octanol–water partition coefficient (Wildman–Crippen LogP) is 12.5. The van der Waals surface area contributed by atoms with Crippen LogP contribution in [0.3, 0.4) is 0 Å². The standard InChI is InChI=1S/C45H35N/c1-45(2)43-30-37(34-16-10-5-11-17-34)22-28-41(43)42-29-27-40(31-44(42)45)46(38-23-18-35(19-24-38)32-12-6-3-7-13-32)39-25-20-36(21-26-39)33-14-8-4-9-15-33/h3-31H,1-2H3. The van der Waals surface area contributed by atoms with Gasteiger partial charge in [0.15, 0.2) is 0 Å². The Morgan fingerprint density at radius 3 is 1.15 bits per heavy atom. The zero-order chi connectivity index (χ0) is 31.1. The number of fused-ring (bicyclic) bond motifs is 3. The molecule has 46 heavy (non-hydrogen) atoms. The molecule has 0 unspecified atom stereocenters. The molecular weight excluding hydrogens is 555 g/mol. The second-order valence-electron chi connectivity index (χ2n) is 12.6. The van der Waals surface area contributed by atoms with Crippen molar-refractivity contribution in [3.63, 3.8) is 0 Å². The summed E-state index contributed by atoms with van der Waals surface area (Å²) in [5, 5.41) is 0. The summed E-state index contributed by atoms with van der Waals surface area (Å²) in [4.78, 5) is 2.39. The summed E-state index contributed by atoms with van der Waals surface area (Å²) in [6.07, 6.45) is 0. The Morgan fingerprint density at radius 2 is 0.674 bits per heavy atom. The molecule has 0 saturated heterocycles. The number of benzene rings is 7. The fraction of sp³-hybridized carbons (Fsp3) is 0.0667. The van der Waals surface area contributed by atoms with Crippen LogP contribution in [0.5, 0.6) is 0 Å². The van der Waals surface area contributed by atoms with Crippen molar-refractivity contribution >= 4 is 17.1 Å². The lowest BCUT2D eigenvalue weighted by Gasteiger charge is -2.28. The van der Waals surface area contributed by atoms with Crippen molar-refractivity contribution in [2.45, 2.75) is 19.3 Å². The highest BCUT2D eigenvalue weighted by atomic mass is 15.1. The van der Waals surface area contributed by atoms with E-state index in [-0.39, 0.29) is 5.41 Å². The minimum Gasteiger partial charge on any atom is -0.310 e. The van der Waals surface area contributed by atoms with Crippen molar-refractivity contribution in [3.8, 4) is 44.5 Å². The first-order chi connectivity index (χ1) is 22.6. The molecular formula is C45H35N. The third kappa shape index (κ3) is 4.91. The Labute approximate surface area is 272 Å². The first-order valence-corrected chi connectivity index (χ1v) is 16.0. The summed E-state index contributed by atoms with van der Waals surface area (Å²) in [5.41, 5.74) is 16.1. The van der Waals surface area contributed by atoms with Gasteiger partial charge >= 0.3 is 0 Å². The normalized spacial score (nSPS) is 12.7.